The quantitative estimate of drug-likeness (QED) is 0.870. The molecule has 1 unspecified atom stereocenters. The average Bonchev–Trinajstić information content (AvgIpc) is 3.15. The molecule has 1 atom stereocenters. The van der Waals surface area contributed by atoms with Crippen molar-refractivity contribution in [1.82, 2.24) is 15.5 Å². The van der Waals surface area contributed by atoms with Crippen LogP contribution in [0, 0.1) is 5.92 Å². The SMILES string of the molecule is CCCc1nnc(N2CC(C(=O)NC3CCOCC3)CC2=O)s1. The summed E-state index contributed by atoms with van der Waals surface area (Å²) in [5.41, 5.74) is 0. The van der Waals surface area contributed by atoms with Gasteiger partial charge in [-0.2, -0.15) is 0 Å². The Bertz CT molecular complexity index is 571. The van der Waals surface area contributed by atoms with Crippen molar-refractivity contribution in [2.75, 3.05) is 24.7 Å². The summed E-state index contributed by atoms with van der Waals surface area (Å²) in [4.78, 5) is 26.2. The smallest absolute Gasteiger partial charge is 0.229 e. The summed E-state index contributed by atoms with van der Waals surface area (Å²) in [5, 5.41) is 12.8. The number of carbonyl (C=O) groups is 2. The first kappa shape index (κ1) is 16.3. The van der Waals surface area contributed by atoms with Crippen LogP contribution in [0.5, 0.6) is 0 Å². The predicted octanol–water partition coefficient (Wildman–Crippen LogP) is 1.14. The summed E-state index contributed by atoms with van der Waals surface area (Å²) < 4.78 is 5.29. The third-order valence-corrected chi connectivity index (χ3v) is 5.22. The van der Waals surface area contributed by atoms with Crippen LogP contribution >= 0.6 is 11.3 Å². The van der Waals surface area contributed by atoms with Crippen molar-refractivity contribution in [2.24, 2.45) is 5.92 Å². The maximum Gasteiger partial charge on any atom is 0.229 e. The Labute approximate surface area is 139 Å². The Morgan fingerprint density at radius 1 is 1.39 bits per heavy atom. The highest BCUT2D eigenvalue weighted by molar-refractivity contribution is 7.15. The number of aryl methyl sites for hydroxylation is 1. The third-order valence-electron chi connectivity index (χ3n) is 4.21. The molecular weight excluding hydrogens is 316 g/mol. The van der Waals surface area contributed by atoms with E-state index in [4.69, 9.17) is 4.74 Å². The second-order valence-electron chi connectivity index (χ2n) is 6.03. The Kier molecular flexibility index (Phi) is 5.22. The van der Waals surface area contributed by atoms with Crippen LogP contribution in [0.15, 0.2) is 0 Å². The van der Waals surface area contributed by atoms with Crippen LogP contribution in [0.3, 0.4) is 0 Å². The molecule has 8 heteroatoms. The Morgan fingerprint density at radius 3 is 2.91 bits per heavy atom. The standard InChI is InChI=1S/C15H22N4O3S/c1-2-3-12-17-18-15(23-12)19-9-10(8-13(19)20)14(21)16-11-4-6-22-7-5-11/h10-11H,2-9H2,1H3,(H,16,21). The van der Waals surface area contributed by atoms with E-state index in [2.05, 4.69) is 22.4 Å². The second-order valence-corrected chi connectivity index (χ2v) is 7.07. The van der Waals surface area contributed by atoms with Gasteiger partial charge in [0, 0.05) is 38.6 Å². The zero-order chi connectivity index (χ0) is 16.2. The lowest BCUT2D eigenvalue weighted by Crippen LogP contribution is -2.42. The van der Waals surface area contributed by atoms with Gasteiger partial charge in [0.2, 0.25) is 16.9 Å². The van der Waals surface area contributed by atoms with Gasteiger partial charge in [0.1, 0.15) is 5.01 Å². The van der Waals surface area contributed by atoms with E-state index < -0.39 is 0 Å². The van der Waals surface area contributed by atoms with E-state index >= 15 is 0 Å². The largest absolute Gasteiger partial charge is 0.381 e. The first-order valence-corrected chi connectivity index (χ1v) is 9.00. The van der Waals surface area contributed by atoms with E-state index in [1.807, 2.05) is 0 Å². The second kappa shape index (κ2) is 7.35. The fourth-order valence-corrected chi connectivity index (χ4v) is 3.86. The molecular formula is C15H22N4O3S. The van der Waals surface area contributed by atoms with Gasteiger partial charge in [-0.05, 0) is 19.3 Å². The van der Waals surface area contributed by atoms with Crippen molar-refractivity contribution in [3.05, 3.63) is 5.01 Å². The number of hydrogen-bond donors (Lipinski definition) is 1. The van der Waals surface area contributed by atoms with Crippen LogP contribution in [-0.4, -0.2) is 47.8 Å². The summed E-state index contributed by atoms with van der Waals surface area (Å²) >= 11 is 1.44. The molecule has 2 aliphatic heterocycles. The lowest BCUT2D eigenvalue weighted by atomic mass is 10.0. The molecule has 126 valence electrons. The number of aromatic nitrogens is 2. The van der Waals surface area contributed by atoms with Gasteiger partial charge >= 0.3 is 0 Å². The molecule has 0 aliphatic carbocycles. The number of nitrogens with zero attached hydrogens (tertiary/aromatic N) is 3. The number of anilines is 1. The molecule has 0 aromatic carbocycles. The minimum Gasteiger partial charge on any atom is -0.381 e. The average molecular weight is 338 g/mol. The lowest BCUT2D eigenvalue weighted by Gasteiger charge is -2.24. The van der Waals surface area contributed by atoms with E-state index in [9.17, 15) is 9.59 Å². The van der Waals surface area contributed by atoms with Crippen LogP contribution in [0.1, 0.15) is 37.6 Å². The molecule has 2 saturated heterocycles. The molecule has 0 radical (unpaired) electrons. The predicted molar refractivity (Wildman–Crippen MR) is 86.3 cm³/mol. The fraction of sp³-hybridized carbons (Fsp3) is 0.733. The van der Waals surface area contributed by atoms with Crippen molar-refractivity contribution in [1.29, 1.82) is 0 Å². The van der Waals surface area contributed by atoms with Gasteiger partial charge in [-0.3, -0.25) is 14.5 Å². The number of amides is 2. The molecule has 2 aliphatic rings. The number of rotatable bonds is 5. The summed E-state index contributed by atoms with van der Waals surface area (Å²) in [6.07, 6.45) is 3.80. The van der Waals surface area contributed by atoms with Crippen molar-refractivity contribution in [2.45, 2.75) is 45.1 Å². The van der Waals surface area contributed by atoms with Gasteiger partial charge < -0.3 is 10.1 Å². The molecule has 2 fully saturated rings. The molecule has 2 amide bonds. The monoisotopic (exact) mass is 338 g/mol. The number of nitrogens with one attached hydrogen (secondary N) is 1. The van der Waals surface area contributed by atoms with E-state index in [1.54, 1.807) is 4.90 Å². The molecule has 0 bridgehead atoms. The van der Waals surface area contributed by atoms with Gasteiger partial charge in [-0.1, -0.05) is 18.3 Å². The van der Waals surface area contributed by atoms with Crippen LogP contribution in [0.25, 0.3) is 0 Å². The Morgan fingerprint density at radius 2 is 2.17 bits per heavy atom. The number of hydrogen-bond acceptors (Lipinski definition) is 6. The van der Waals surface area contributed by atoms with E-state index in [1.165, 1.54) is 11.3 Å². The van der Waals surface area contributed by atoms with Crippen LogP contribution in [0.4, 0.5) is 5.13 Å². The van der Waals surface area contributed by atoms with Crippen molar-refractivity contribution in [3.63, 3.8) is 0 Å². The molecule has 1 aromatic rings. The van der Waals surface area contributed by atoms with E-state index in [-0.39, 0.29) is 30.2 Å². The first-order valence-electron chi connectivity index (χ1n) is 8.18. The van der Waals surface area contributed by atoms with Gasteiger partial charge in [0.15, 0.2) is 0 Å². The maximum atomic E-state index is 12.4. The van der Waals surface area contributed by atoms with Gasteiger partial charge in [-0.15, -0.1) is 10.2 Å². The van der Waals surface area contributed by atoms with Crippen molar-refractivity contribution >= 4 is 28.3 Å². The fourth-order valence-electron chi connectivity index (χ4n) is 2.90. The van der Waals surface area contributed by atoms with E-state index in [0.29, 0.717) is 24.9 Å². The topological polar surface area (TPSA) is 84.4 Å². The highest BCUT2D eigenvalue weighted by Crippen LogP contribution is 2.28. The Balaban J connectivity index is 1.58. The number of carbonyl (C=O) groups excluding carboxylic acids is 2. The number of ether oxygens (including phenoxy) is 1. The van der Waals surface area contributed by atoms with Gasteiger partial charge in [0.05, 0.1) is 5.92 Å². The molecule has 0 saturated carbocycles. The molecule has 7 nitrogen and oxygen atoms in total. The summed E-state index contributed by atoms with van der Waals surface area (Å²) in [7, 11) is 0. The molecule has 3 rings (SSSR count). The normalized spacial score (nSPS) is 22.6. The summed E-state index contributed by atoms with van der Waals surface area (Å²) in [6.45, 7) is 3.85. The highest BCUT2D eigenvalue weighted by Gasteiger charge is 2.37. The van der Waals surface area contributed by atoms with Crippen LogP contribution < -0.4 is 10.2 Å². The van der Waals surface area contributed by atoms with Crippen molar-refractivity contribution in [3.8, 4) is 0 Å². The zero-order valence-corrected chi connectivity index (χ0v) is 14.1. The Hall–Kier alpha value is -1.54. The van der Waals surface area contributed by atoms with Crippen molar-refractivity contribution < 1.29 is 14.3 Å². The van der Waals surface area contributed by atoms with Crippen LogP contribution in [0.2, 0.25) is 0 Å². The molecule has 1 N–H and O–H groups in total. The third kappa shape index (κ3) is 3.87. The van der Waals surface area contributed by atoms with E-state index in [0.717, 1.165) is 30.7 Å². The minimum absolute atomic E-state index is 0.0361. The highest BCUT2D eigenvalue weighted by atomic mass is 32.1. The van der Waals surface area contributed by atoms with Crippen LogP contribution in [-0.2, 0) is 20.7 Å². The molecule has 0 spiro atoms. The minimum atomic E-state index is -0.302. The molecule has 23 heavy (non-hydrogen) atoms. The maximum absolute atomic E-state index is 12.4. The van der Waals surface area contributed by atoms with Gasteiger partial charge in [-0.25, -0.2) is 0 Å². The zero-order valence-electron chi connectivity index (χ0n) is 13.3. The summed E-state index contributed by atoms with van der Waals surface area (Å²) in [5.74, 6) is -0.383. The first-order chi connectivity index (χ1) is 11.2. The molecule has 3 heterocycles. The lowest BCUT2D eigenvalue weighted by molar-refractivity contribution is -0.127. The summed E-state index contributed by atoms with van der Waals surface area (Å²) in [6, 6.07) is 0.165. The van der Waals surface area contributed by atoms with Gasteiger partial charge in [0.25, 0.3) is 0 Å². The molecule has 1 aromatic heterocycles.